The van der Waals surface area contributed by atoms with E-state index in [-0.39, 0.29) is 5.91 Å². The number of nitrogens with zero attached hydrogens (tertiary/aromatic N) is 1. The predicted octanol–water partition coefficient (Wildman–Crippen LogP) is 1.37. The lowest BCUT2D eigenvalue weighted by Crippen LogP contribution is -2.43. The van der Waals surface area contributed by atoms with E-state index in [1.807, 2.05) is 0 Å². The lowest BCUT2D eigenvalue weighted by Gasteiger charge is -2.24. The van der Waals surface area contributed by atoms with Crippen LogP contribution in [0.1, 0.15) is 44.9 Å². The molecule has 1 amide bonds. The van der Waals surface area contributed by atoms with Crippen molar-refractivity contribution in [1.82, 2.24) is 15.5 Å². The minimum Gasteiger partial charge on any atom is -0.355 e. The van der Waals surface area contributed by atoms with Gasteiger partial charge in [0.05, 0.1) is 6.54 Å². The van der Waals surface area contributed by atoms with Gasteiger partial charge in [0.15, 0.2) is 0 Å². The van der Waals surface area contributed by atoms with Crippen LogP contribution in [0.4, 0.5) is 0 Å². The van der Waals surface area contributed by atoms with E-state index in [1.54, 1.807) is 0 Å². The Bertz CT molecular complexity index is 306. The molecule has 4 aliphatic rings. The number of rotatable bonds is 4. The number of piperidine rings is 1. The van der Waals surface area contributed by atoms with Crippen LogP contribution in [0.15, 0.2) is 0 Å². The second kappa shape index (κ2) is 6.90. The highest BCUT2D eigenvalue weighted by Gasteiger charge is 2.29. The average molecular weight is 279 g/mol. The van der Waals surface area contributed by atoms with E-state index in [0.717, 1.165) is 38.0 Å². The Balaban J connectivity index is 1.39. The molecule has 0 aromatic carbocycles. The van der Waals surface area contributed by atoms with Crippen molar-refractivity contribution in [3.05, 3.63) is 0 Å². The van der Waals surface area contributed by atoms with Crippen LogP contribution < -0.4 is 10.6 Å². The molecule has 0 unspecified atom stereocenters. The number of carbonyl (C=O) groups excluding carboxylic acids is 1. The molecule has 4 nitrogen and oxygen atoms in total. The fourth-order valence-electron chi connectivity index (χ4n) is 4.07. The summed E-state index contributed by atoms with van der Waals surface area (Å²) in [6.45, 7) is 4.79. The van der Waals surface area contributed by atoms with Crippen molar-refractivity contribution in [2.24, 2.45) is 11.8 Å². The monoisotopic (exact) mass is 279 g/mol. The zero-order valence-electron chi connectivity index (χ0n) is 12.6. The van der Waals surface area contributed by atoms with Crippen LogP contribution in [0.5, 0.6) is 0 Å². The van der Waals surface area contributed by atoms with Crippen LogP contribution in [0.3, 0.4) is 0 Å². The molecule has 2 atom stereocenters. The summed E-state index contributed by atoms with van der Waals surface area (Å²) in [5.74, 6) is 1.71. The highest BCUT2D eigenvalue weighted by molar-refractivity contribution is 5.78. The average Bonchev–Trinajstić information content (AvgIpc) is 2.78. The fourth-order valence-corrected chi connectivity index (χ4v) is 4.07. The number of nitrogens with one attached hydrogen (secondary N) is 2. The molecule has 3 saturated heterocycles. The quantitative estimate of drug-likeness (QED) is 0.817. The van der Waals surface area contributed by atoms with Gasteiger partial charge in [0.1, 0.15) is 0 Å². The van der Waals surface area contributed by atoms with Gasteiger partial charge in [0.2, 0.25) is 5.91 Å². The van der Waals surface area contributed by atoms with Crippen molar-refractivity contribution >= 4 is 5.91 Å². The number of carbonyl (C=O) groups is 1. The molecule has 2 bridgehead atoms. The summed E-state index contributed by atoms with van der Waals surface area (Å²) in [5.41, 5.74) is 0. The van der Waals surface area contributed by atoms with Crippen molar-refractivity contribution in [3.63, 3.8) is 0 Å². The van der Waals surface area contributed by atoms with Crippen LogP contribution in [-0.2, 0) is 4.79 Å². The van der Waals surface area contributed by atoms with E-state index in [9.17, 15) is 4.79 Å². The number of amides is 1. The van der Waals surface area contributed by atoms with Crippen LogP contribution >= 0.6 is 0 Å². The molecule has 114 valence electrons. The third-order valence-corrected chi connectivity index (χ3v) is 5.29. The molecule has 0 aromatic rings. The van der Waals surface area contributed by atoms with Gasteiger partial charge >= 0.3 is 0 Å². The first kappa shape index (κ1) is 14.3. The van der Waals surface area contributed by atoms with Gasteiger partial charge in [-0.3, -0.25) is 9.69 Å². The van der Waals surface area contributed by atoms with Crippen molar-refractivity contribution in [2.45, 2.75) is 51.0 Å². The summed E-state index contributed by atoms with van der Waals surface area (Å²) in [7, 11) is 0. The van der Waals surface area contributed by atoms with Crippen LogP contribution in [0.25, 0.3) is 0 Å². The van der Waals surface area contributed by atoms with Crippen LogP contribution in [0.2, 0.25) is 0 Å². The molecular weight excluding hydrogens is 250 g/mol. The molecule has 1 aliphatic carbocycles. The molecule has 3 heterocycles. The van der Waals surface area contributed by atoms with Gasteiger partial charge in [-0.15, -0.1) is 0 Å². The fraction of sp³-hybridized carbons (Fsp3) is 0.938. The van der Waals surface area contributed by atoms with Gasteiger partial charge in [-0.25, -0.2) is 0 Å². The van der Waals surface area contributed by atoms with Gasteiger partial charge in [-0.1, -0.05) is 19.3 Å². The normalized spacial score (nSPS) is 32.0. The molecular formula is C16H29N3O. The maximum Gasteiger partial charge on any atom is 0.234 e. The second-order valence-corrected chi connectivity index (χ2v) is 7.05. The maximum atomic E-state index is 12.1. The van der Waals surface area contributed by atoms with E-state index >= 15 is 0 Å². The van der Waals surface area contributed by atoms with E-state index in [2.05, 4.69) is 15.5 Å². The third kappa shape index (κ3) is 3.95. The highest BCUT2D eigenvalue weighted by atomic mass is 16.2. The molecule has 0 radical (unpaired) electrons. The first-order valence-electron chi connectivity index (χ1n) is 8.52. The predicted molar refractivity (Wildman–Crippen MR) is 80.5 cm³/mol. The smallest absolute Gasteiger partial charge is 0.234 e. The number of fused-ring (bicyclic) bond motifs is 4. The SMILES string of the molecule is O=C(CN1C[C@H]2CC[C@@H](C1)NC2)NCC1CCCCC1. The summed E-state index contributed by atoms with van der Waals surface area (Å²) in [6.07, 6.45) is 9.30. The van der Waals surface area contributed by atoms with Crippen LogP contribution in [0, 0.1) is 11.8 Å². The van der Waals surface area contributed by atoms with E-state index in [1.165, 1.54) is 44.9 Å². The minimum absolute atomic E-state index is 0.233. The summed E-state index contributed by atoms with van der Waals surface area (Å²) in [5, 5.41) is 6.76. The van der Waals surface area contributed by atoms with Crippen LogP contribution in [-0.4, -0.2) is 49.6 Å². The zero-order valence-corrected chi connectivity index (χ0v) is 12.6. The largest absolute Gasteiger partial charge is 0.355 e. The Morgan fingerprint density at radius 3 is 2.70 bits per heavy atom. The second-order valence-electron chi connectivity index (χ2n) is 7.05. The Hall–Kier alpha value is -0.610. The molecule has 1 saturated carbocycles. The molecule has 0 aromatic heterocycles. The lowest BCUT2D eigenvalue weighted by atomic mass is 9.89. The first-order valence-corrected chi connectivity index (χ1v) is 8.52. The van der Waals surface area contributed by atoms with Gasteiger partial charge in [0, 0.05) is 25.7 Å². The molecule has 4 fully saturated rings. The standard InChI is InChI=1S/C16H29N3O/c20-16(18-8-13-4-2-1-3-5-13)12-19-10-14-6-7-15(11-19)17-9-14/h13-15,17H,1-12H2,(H,18,20)/t14-,15-/m0/s1. The molecule has 2 N–H and O–H groups in total. The van der Waals surface area contributed by atoms with E-state index in [0.29, 0.717) is 12.6 Å². The maximum absolute atomic E-state index is 12.1. The Morgan fingerprint density at radius 1 is 1.10 bits per heavy atom. The third-order valence-electron chi connectivity index (χ3n) is 5.29. The Kier molecular flexibility index (Phi) is 4.94. The van der Waals surface area contributed by atoms with Gasteiger partial charge < -0.3 is 10.6 Å². The van der Waals surface area contributed by atoms with Crippen molar-refractivity contribution < 1.29 is 4.79 Å². The minimum atomic E-state index is 0.233. The molecule has 4 heteroatoms. The molecule has 0 spiro atoms. The topological polar surface area (TPSA) is 44.4 Å². The molecule has 20 heavy (non-hydrogen) atoms. The lowest BCUT2D eigenvalue weighted by molar-refractivity contribution is -0.122. The zero-order chi connectivity index (χ0) is 13.8. The van der Waals surface area contributed by atoms with Gasteiger partial charge in [0.25, 0.3) is 0 Å². The van der Waals surface area contributed by atoms with Gasteiger partial charge in [-0.2, -0.15) is 0 Å². The summed E-state index contributed by atoms with van der Waals surface area (Å²) in [6, 6.07) is 0.611. The van der Waals surface area contributed by atoms with Gasteiger partial charge in [-0.05, 0) is 44.1 Å². The van der Waals surface area contributed by atoms with Crippen molar-refractivity contribution in [3.8, 4) is 0 Å². The number of hydrogen-bond donors (Lipinski definition) is 2. The van der Waals surface area contributed by atoms with E-state index < -0.39 is 0 Å². The number of hydrogen-bond acceptors (Lipinski definition) is 3. The summed E-state index contributed by atoms with van der Waals surface area (Å²) in [4.78, 5) is 14.5. The van der Waals surface area contributed by atoms with E-state index in [4.69, 9.17) is 0 Å². The van der Waals surface area contributed by atoms with Crippen molar-refractivity contribution in [2.75, 3.05) is 32.7 Å². The summed E-state index contributed by atoms with van der Waals surface area (Å²) >= 11 is 0. The molecule has 4 rings (SSSR count). The van der Waals surface area contributed by atoms with Crippen molar-refractivity contribution in [1.29, 1.82) is 0 Å². The first-order chi connectivity index (χ1) is 9.79. The molecule has 3 aliphatic heterocycles. The Morgan fingerprint density at radius 2 is 1.95 bits per heavy atom. The Labute approximate surface area is 122 Å². The summed E-state index contributed by atoms with van der Waals surface area (Å²) < 4.78 is 0. The highest BCUT2D eigenvalue weighted by Crippen LogP contribution is 2.23.